The Morgan fingerprint density at radius 1 is 0.784 bits per heavy atom. The fourth-order valence-corrected chi connectivity index (χ4v) is 4.39. The second-order valence-corrected chi connectivity index (χ2v) is 8.85. The van der Waals surface area contributed by atoms with Crippen molar-refractivity contribution in [2.24, 2.45) is 0 Å². The number of aryl methyl sites for hydroxylation is 1. The summed E-state index contributed by atoms with van der Waals surface area (Å²) in [6, 6.07) is 3.48. The maximum absolute atomic E-state index is 13.7. The van der Waals surface area contributed by atoms with E-state index in [-0.39, 0.29) is 20.9 Å². The highest BCUT2D eigenvalue weighted by atomic mass is 19.4. The molecule has 2 heterocycles. The average molecular weight is 528 g/mol. The number of rotatable bonds is 4. The summed E-state index contributed by atoms with van der Waals surface area (Å²) in [6.45, 7) is 4.49. The summed E-state index contributed by atoms with van der Waals surface area (Å²) in [6.07, 6.45) is -12.1. The smallest absolute Gasteiger partial charge is 0.369 e. The van der Waals surface area contributed by atoms with Gasteiger partial charge in [-0.3, -0.25) is 23.7 Å². The molecule has 1 N–H and O–H groups in total. The van der Waals surface area contributed by atoms with Crippen LogP contribution >= 0.6 is 0 Å². The van der Waals surface area contributed by atoms with Crippen molar-refractivity contribution in [3.05, 3.63) is 82.9 Å². The lowest BCUT2D eigenvalue weighted by Gasteiger charge is -2.34. The topological polar surface area (TPSA) is 98.4 Å². The van der Waals surface area contributed by atoms with Crippen molar-refractivity contribution in [2.45, 2.75) is 51.2 Å². The van der Waals surface area contributed by atoms with Gasteiger partial charge in [0.05, 0.1) is 27.2 Å². The van der Waals surface area contributed by atoms with Gasteiger partial charge in [0.1, 0.15) is 0 Å². The van der Waals surface area contributed by atoms with Crippen LogP contribution in [0.2, 0.25) is 0 Å². The summed E-state index contributed by atoms with van der Waals surface area (Å²) >= 11 is 0. The van der Waals surface area contributed by atoms with Crippen LogP contribution in [0.25, 0.3) is 27.2 Å². The SMILES string of the molecule is CCC(C)n1c(=O)c2cc3c(=O)n(-c4ccc(C)cc4C(O)(C(F)(F)F)C(F)(F)F)c(=O)c3cc2c1=O. The van der Waals surface area contributed by atoms with E-state index in [1.54, 1.807) is 13.8 Å². The first-order valence-corrected chi connectivity index (χ1v) is 10.9. The second-order valence-electron chi connectivity index (χ2n) is 8.85. The van der Waals surface area contributed by atoms with E-state index >= 15 is 0 Å². The lowest BCUT2D eigenvalue weighted by atomic mass is 9.89. The molecule has 0 fully saturated rings. The first-order valence-electron chi connectivity index (χ1n) is 10.9. The molecule has 0 bridgehead atoms. The highest BCUT2D eigenvalue weighted by molar-refractivity contribution is 5.98. The Labute approximate surface area is 202 Å². The molecule has 2 aromatic carbocycles. The molecule has 0 aliphatic heterocycles. The summed E-state index contributed by atoms with van der Waals surface area (Å²) in [4.78, 5) is 52.0. The van der Waals surface area contributed by atoms with Crippen LogP contribution in [-0.2, 0) is 5.60 Å². The second kappa shape index (κ2) is 8.13. The van der Waals surface area contributed by atoms with Gasteiger partial charge in [-0.2, -0.15) is 26.3 Å². The van der Waals surface area contributed by atoms with Gasteiger partial charge in [0.25, 0.3) is 27.8 Å². The van der Waals surface area contributed by atoms with Crippen LogP contribution in [0, 0.1) is 6.92 Å². The van der Waals surface area contributed by atoms with E-state index in [4.69, 9.17) is 0 Å². The number of benzene rings is 2. The molecule has 0 radical (unpaired) electrons. The Hall–Kier alpha value is -3.74. The minimum absolute atomic E-state index is 0.0679. The fraction of sp³-hybridized carbons (Fsp3) is 0.333. The fourth-order valence-electron chi connectivity index (χ4n) is 4.39. The number of aromatic nitrogens is 2. The molecule has 0 saturated carbocycles. The van der Waals surface area contributed by atoms with E-state index in [0.717, 1.165) is 29.7 Å². The first kappa shape index (κ1) is 26.3. The minimum atomic E-state index is -6.27. The van der Waals surface area contributed by atoms with Crippen LogP contribution in [0.4, 0.5) is 26.3 Å². The molecule has 0 aliphatic rings. The zero-order chi connectivity index (χ0) is 27.8. The van der Waals surface area contributed by atoms with E-state index in [9.17, 15) is 50.6 Å². The zero-order valence-electron chi connectivity index (χ0n) is 19.4. The molecule has 4 aromatic rings. The van der Waals surface area contributed by atoms with Gasteiger partial charge in [0.15, 0.2) is 0 Å². The summed E-state index contributed by atoms with van der Waals surface area (Å²) in [5, 5.41) is 8.62. The molecular formula is C24H18F6N2O5. The van der Waals surface area contributed by atoms with Gasteiger partial charge in [-0.1, -0.05) is 24.6 Å². The first-order chi connectivity index (χ1) is 17.0. The Kier molecular flexibility index (Phi) is 5.79. The van der Waals surface area contributed by atoms with Crippen LogP contribution in [0.15, 0.2) is 49.5 Å². The number of hydrogen-bond acceptors (Lipinski definition) is 5. The summed E-state index contributed by atoms with van der Waals surface area (Å²) in [5.41, 5.74) is -12.6. The molecule has 1 atom stereocenters. The third-order valence-electron chi connectivity index (χ3n) is 6.56. The van der Waals surface area contributed by atoms with E-state index < -0.39 is 68.3 Å². The van der Waals surface area contributed by atoms with Crippen molar-refractivity contribution in [2.75, 3.05) is 0 Å². The van der Waals surface area contributed by atoms with Crippen molar-refractivity contribution >= 4 is 21.5 Å². The quantitative estimate of drug-likeness (QED) is 0.409. The number of hydrogen-bond donors (Lipinski definition) is 1. The number of alkyl halides is 6. The van der Waals surface area contributed by atoms with Crippen LogP contribution in [0.1, 0.15) is 37.4 Å². The molecule has 2 aromatic heterocycles. The van der Waals surface area contributed by atoms with Gasteiger partial charge in [0.2, 0.25) is 0 Å². The van der Waals surface area contributed by atoms with Gasteiger partial charge >= 0.3 is 12.4 Å². The molecule has 0 amide bonds. The molecule has 0 aliphatic carbocycles. The van der Waals surface area contributed by atoms with E-state index in [1.807, 2.05) is 0 Å². The zero-order valence-corrected chi connectivity index (χ0v) is 19.4. The van der Waals surface area contributed by atoms with Gasteiger partial charge in [0, 0.05) is 11.6 Å². The monoisotopic (exact) mass is 528 g/mol. The number of fused-ring (bicyclic) bond motifs is 2. The predicted octanol–water partition coefficient (Wildman–Crippen LogP) is 3.49. The lowest BCUT2D eigenvalue weighted by molar-refractivity contribution is -0.376. The maximum Gasteiger partial charge on any atom is 0.430 e. The Bertz CT molecular complexity index is 1680. The highest BCUT2D eigenvalue weighted by Gasteiger charge is 2.72. The van der Waals surface area contributed by atoms with E-state index in [0.29, 0.717) is 18.6 Å². The third-order valence-corrected chi connectivity index (χ3v) is 6.56. The molecule has 1 unspecified atom stereocenters. The van der Waals surface area contributed by atoms with Crippen LogP contribution in [0.5, 0.6) is 0 Å². The highest BCUT2D eigenvalue weighted by Crippen LogP contribution is 2.51. The van der Waals surface area contributed by atoms with Gasteiger partial charge < -0.3 is 5.11 Å². The molecule has 196 valence electrons. The van der Waals surface area contributed by atoms with Crippen molar-refractivity contribution in [1.29, 1.82) is 0 Å². The Morgan fingerprint density at radius 2 is 1.22 bits per heavy atom. The molecule has 0 saturated heterocycles. The molecule has 0 spiro atoms. The van der Waals surface area contributed by atoms with Crippen molar-refractivity contribution in [3.8, 4) is 5.69 Å². The van der Waals surface area contributed by atoms with Gasteiger partial charge in [-0.05, 0) is 38.5 Å². The summed E-state index contributed by atoms with van der Waals surface area (Å²) in [7, 11) is 0. The maximum atomic E-state index is 13.7. The predicted molar refractivity (Wildman–Crippen MR) is 122 cm³/mol. The van der Waals surface area contributed by atoms with E-state index in [2.05, 4.69) is 0 Å². The van der Waals surface area contributed by atoms with E-state index in [1.165, 1.54) is 0 Å². The molecule has 4 rings (SSSR count). The van der Waals surface area contributed by atoms with Crippen LogP contribution in [-0.4, -0.2) is 26.6 Å². The largest absolute Gasteiger partial charge is 0.430 e. The standard InChI is InChI=1S/C24H18F6N2O5/c1-4-11(3)31-18(33)12-8-14-15(9-13(12)19(31)34)21(36)32(20(14)35)17-6-5-10(2)7-16(17)22(37,23(25,26)27)24(28,29)30/h5-9,11,37H,4H2,1-3H3. The number of halogens is 6. The Morgan fingerprint density at radius 3 is 1.62 bits per heavy atom. The van der Waals surface area contributed by atoms with Gasteiger partial charge in [-0.15, -0.1) is 0 Å². The van der Waals surface area contributed by atoms with Crippen molar-refractivity contribution < 1.29 is 31.4 Å². The summed E-state index contributed by atoms with van der Waals surface area (Å²) < 4.78 is 83.1. The van der Waals surface area contributed by atoms with Crippen molar-refractivity contribution in [1.82, 2.24) is 9.13 Å². The number of aliphatic hydroxyl groups is 1. The average Bonchev–Trinajstić information content (AvgIpc) is 3.19. The summed E-state index contributed by atoms with van der Waals surface area (Å²) in [5.74, 6) is 0. The minimum Gasteiger partial charge on any atom is -0.369 e. The molecule has 13 heteroatoms. The molecule has 7 nitrogen and oxygen atoms in total. The lowest BCUT2D eigenvalue weighted by Crippen LogP contribution is -2.54. The van der Waals surface area contributed by atoms with Gasteiger partial charge in [-0.25, -0.2) is 4.57 Å². The third kappa shape index (κ3) is 3.55. The molecular weight excluding hydrogens is 510 g/mol. The van der Waals surface area contributed by atoms with Crippen LogP contribution in [0.3, 0.4) is 0 Å². The van der Waals surface area contributed by atoms with Crippen LogP contribution < -0.4 is 22.2 Å². The normalized spacial score (nSPS) is 14.1. The number of nitrogens with zero attached hydrogens (tertiary/aromatic N) is 2. The van der Waals surface area contributed by atoms with Crippen molar-refractivity contribution in [3.63, 3.8) is 0 Å². The molecule has 37 heavy (non-hydrogen) atoms. The Balaban J connectivity index is 2.13.